The molecule has 1 atom stereocenters. The lowest BCUT2D eigenvalue weighted by Crippen LogP contribution is -2.50. The summed E-state index contributed by atoms with van der Waals surface area (Å²) in [5.41, 5.74) is 1.58. The number of nitrogens with one attached hydrogen (secondary N) is 1. The number of rotatable bonds is 2. The standard InChI is InChI=1S/C20H24N4O3/c25-19(23-10-12-27-13-11-23)15-4-3-9-24(14-15)20(26)22-18-7-1-6-17-16(18)5-2-8-21-17/h1-2,5-8,15H,3-4,9-14H2,(H,22,26). The molecule has 0 saturated carbocycles. The first-order chi connectivity index (χ1) is 13.2. The minimum absolute atomic E-state index is 0.128. The number of likely N-dealkylation sites (tertiary alicyclic amines) is 1. The topological polar surface area (TPSA) is 74.8 Å². The van der Waals surface area contributed by atoms with Crippen LogP contribution < -0.4 is 5.32 Å². The van der Waals surface area contributed by atoms with E-state index < -0.39 is 0 Å². The van der Waals surface area contributed by atoms with Gasteiger partial charge in [0.1, 0.15) is 0 Å². The van der Waals surface area contributed by atoms with Crippen LogP contribution in [0.15, 0.2) is 36.5 Å². The molecule has 2 saturated heterocycles. The van der Waals surface area contributed by atoms with Gasteiger partial charge in [-0.1, -0.05) is 6.07 Å². The van der Waals surface area contributed by atoms with Crippen LogP contribution >= 0.6 is 0 Å². The number of piperidine rings is 1. The van der Waals surface area contributed by atoms with Gasteiger partial charge in [-0.3, -0.25) is 9.78 Å². The van der Waals surface area contributed by atoms with Crippen LogP contribution in [-0.4, -0.2) is 66.1 Å². The number of nitrogens with zero attached hydrogens (tertiary/aromatic N) is 3. The number of anilines is 1. The molecule has 2 aliphatic rings. The Morgan fingerprint density at radius 3 is 2.78 bits per heavy atom. The summed E-state index contributed by atoms with van der Waals surface area (Å²) in [4.78, 5) is 33.5. The molecule has 2 aliphatic heterocycles. The largest absolute Gasteiger partial charge is 0.378 e. The SMILES string of the molecule is O=C(Nc1cccc2ncccc12)N1CCCC(C(=O)N2CCOCC2)C1. The smallest absolute Gasteiger partial charge is 0.321 e. The van der Waals surface area contributed by atoms with Gasteiger partial charge in [0.2, 0.25) is 5.91 Å². The summed E-state index contributed by atoms with van der Waals surface area (Å²) in [6, 6.07) is 9.32. The van der Waals surface area contributed by atoms with Crippen LogP contribution in [-0.2, 0) is 9.53 Å². The number of urea groups is 1. The monoisotopic (exact) mass is 368 g/mol. The van der Waals surface area contributed by atoms with Gasteiger partial charge in [0, 0.05) is 37.8 Å². The molecule has 27 heavy (non-hydrogen) atoms. The van der Waals surface area contributed by atoms with Gasteiger partial charge in [0.25, 0.3) is 0 Å². The number of pyridine rings is 1. The van der Waals surface area contributed by atoms with Crippen molar-refractivity contribution in [2.75, 3.05) is 44.7 Å². The van der Waals surface area contributed by atoms with E-state index in [-0.39, 0.29) is 17.9 Å². The van der Waals surface area contributed by atoms with Crippen molar-refractivity contribution >= 4 is 28.5 Å². The molecular formula is C20H24N4O3. The highest BCUT2D eigenvalue weighted by Gasteiger charge is 2.32. The zero-order chi connectivity index (χ0) is 18.6. The lowest BCUT2D eigenvalue weighted by molar-refractivity contribution is -0.141. The van der Waals surface area contributed by atoms with Crippen LogP contribution in [0.1, 0.15) is 12.8 Å². The first kappa shape index (κ1) is 17.7. The van der Waals surface area contributed by atoms with Gasteiger partial charge in [-0.05, 0) is 37.1 Å². The number of hydrogen-bond acceptors (Lipinski definition) is 4. The number of hydrogen-bond donors (Lipinski definition) is 1. The third-order valence-corrected chi connectivity index (χ3v) is 5.27. The number of aromatic nitrogens is 1. The fourth-order valence-corrected chi connectivity index (χ4v) is 3.81. The minimum atomic E-state index is -0.161. The molecule has 7 heteroatoms. The average Bonchev–Trinajstić information content (AvgIpc) is 2.74. The third kappa shape index (κ3) is 3.88. The van der Waals surface area contributed by atoms with Gasteiger partial charge in [0.05, 0.1) is 30.3 Å². The van der Waals surface area contributed by atoms with Crippen molar-refractivity contribution in [3.8, 4) is 0 Å². The van der Waals surface area contributed by atoms with Gasteiger partial charge < -0.3 is 19.9 Å². The summed E-state index contributed by atoms with van der Waals surface area (Å²) < 4.78 is 5.32. The Morgan fingerprint density at radius 1 is 1.07 bits per heavy atom. The lowest BCUT2D eigenvalue weighted by Gasteiger charge is -2.36. The molecule has 1 N–H and O–H groups in total. The summed E-state index contributed by atoms with van der Waals surface area (Å²) in [7, 11) is 0. The fourth-order valence-electron chi connectivity index (χ4n) is 3.81. The zero-order valence-electron chi connectivity index (χ0n) is 15.3. The van der Waals surface area contributed by atoms with Crippen molar-refractivity contribution in [3.63, 3.8) is 0 Å². The van der Waals surface area contributed by atoms with Gasteiger partial charge in [-0.15, -0.1) is 0 Å². The van der Waals surface area contributed by atoms with Crippen LogP contribution in [0.5, 0.6) is 0 Å². The first-order valence-corrected chi connectivity index (χ1v) is 9.48. The van der Waals surface area contributed by atoms with Crippen molar-refractivity contribution in [2.45, 2.75) is 12.8 Å². The Labute approximate surface area is 158 Å². The Balaban J connectivity index is 1.43. The van der Waals surface area contributed by atoms with Crippen LogP contribution in [0.3, 0.4) is 0 Å². The highest BCUT2D eigenvalue weighted by molar-refractivity contribution is 6.00. The Hall–Kier alpha value is -2.67. The summed E-state index contributed by atoms with van der Waals surface area (Å²) in [5, 5.41) is 3.90. The number of fused-ring (bicyclic) bond motifs is 1. The number of carbonyl (C=O) groups is 2. The second-order valence-corrected chi connectivity index (χ2v) is 7.03. The molecule has 0 radical (unpaired) electrons. The molecule has 2 fully saturated rings. The molecule has 1 unspecified atom stereocenters. The van der Waals surface area contributed by atoms with E-state index in [1.807, 2.05) is 35.2 Å². The van der Waals surface area contributed by atoms with Crippen LogP contribution in [0, 0.1) is 5.92 Å². The normalized spacial score (nSPS) is 20.5. The Bertz CT molecular complexity index is 830. The van der Waals surface area contributed by atoms with E-state index in [1.54, 1.807) is 11.1 Å². The second kappa shape index (κ2) is 7.92. The van der Waals surface area contributed by atoms with Crippen molar-refractivity contribution in [1.29, 1.82) is 0 Å². The molecule has 2 aromatic rings. The van der Waals surface area contributed by atoms with E-state index >= 15 is 0 Å². The molecule has 7 nitrogen and oxygen atoms in total. The molecule has 0 aliphatic carbocycles. The van der Waals surface area contributed by atoms with Crippen LogP contribution in [0.4, 0.5) is 10.5 Å². The van der Waals surface area contributed by atoms with Gasteiger partial charge in [-0.25, -0.2) is 4.79 Å². The average molecular weight is 368 g/mol. The summed E-state index contributed by atoms with van der Waals surface area (Å²) in [5.74, 6) is 0.0157. The van der Waals surface area contributed by atoms with Crippen LogP contribution in [0.2, 0.25) is 0 Å². The summed E-state index contributed by atoms with van der Waals surface area (Å²) >= 11 is 0. The maximum Gasteiger partial charge on any atom is 0.321 e. The predicted octanol–water partition coefficient (Wildman–Crippen LogP) is 2.34. The highest BCUT2D eigenvalue weighted by atomic mass is 16.5. The quantitative estimate of drug-likeness (QED) is 0.883. The first-order valence-electron chi connectivity index (χ1n) is 9.48. The molecule has 1 aromatic carbocycles. The van der Waals surface area contributed by atoms with E-state index in [0.29, 0.717) is 39.4 Å². The molecule has 1 aromatic heterocycles. The van der Waals surface area contributed by atoms with Gasteiger partial charge in [-0.2, -0.15) is 0 Å². The van der Waals surface area contributed by atoms with Gasteiger partial charge in [0.15, 0.2) is 0 Å². The molecular weight excluding hydrogens is 344 g/mol. The molecule has 0 spiro atoms. The Morgan fingerprint density at radius 2 is 1.93 bits per heavy atom. The Kier molecular flexibility index (Phi) is 5.20. The molecule has 3 amide bonds. The van der Waals surface area contributed by atoms with E-state index in [4.69, 9.17) is 4.74 Å². The molecule has 0 bridgehead atoms. The lowest BCUT2D eigenvalue weighted by atomic mass is 9.96. The number of amides is 3. The summed E-state index contributed by atoms with van der Waals surface area (Å²) in [6.07, 6.45) is 3.41. The number of carbonyl (C=O) groups excluding carboxylic acids is 2. The second-order valence-electron chi connectivity index (χ2n) is 7.03. The van der Waals surface area contributed by atoms with Crippen molar-refractivity contribution in [3.05, 3.63) is 36.5 Å². The number of ether oxygens (including phenoxy) is 1. The summed E-state index contributed by atoms with van der Waals surface area (Å²) in [6.45, 7) is 3.61. The van der Waals surface area contributed by atoms with E-state index in [9.17, 15) is 9.59 Å². The predicted molar refractivity (Wildman–Crippen MR) is 102 cm³/mol. The number of morpholine rings is 1. The van der Waals surface area contributed by atoms with E-state index in [0.717, 1.165) is 29.4 Å². The maximum atomic E-state index is 12.8. The zero-order valence-corrected chi connectivity index (χ0v) is 15.3. The number of benzene rings is 1. The minimum Gasteiger partial charge on any atom is -0.378 e. The highest BCUT2D eigenvalue weighted by Crippen LogP contribution is 2.24. The molecule has 3 heterocycles. The fraction of sp³-hybridized carbons (Fsp3) is 0.450. The molecule has 4 rings (SSSR count). The van der Waals surface area contributed by atoms with Crippen molar-refractivity contribution in [2.24, 2.45) is 5.92 Å². The van der Waals surface area contributed by atoms with E-state index in [2.05, 4.69) is 10.3 Å². The van der Waals surface area contributed by atoms with Crippen molar-refractivity contribution in [1.82, 2.24) is 14.8 Å². The van der Waals surface area contributed by atoms with Crippen molar-refractivity contribution < 1.29 is 14.3 Å². The molecule has 142 valence electrons. The van der Waals surface area contributed by atoms with Crippen LogP contribution in [0.25, 0.3) is 10.9 Å². The maximum absolute atomic E-state index is 12.8. The van der Waals surface area contributed by atoms with Gasteiger partial charge >= 0.3 is 6.03 Å². The van der Waals surface area contributed by atoms with E-state index in [1.165, 1.54) is 0 Å². The third-order valence-electron chi connectivity index (χ3n) is 5.27.